The van der Waals surface area contributed by atoms with E-state index in [-0.39, 0.29) is 0 Å². The molecule has 0 spiro atoms. The number of nitriles is 1. The van der Waals surface area contributed by atoms with Crippen molar-refractivity contribution in [3.05, 3.63) is 35.9 Å². The molecule has 2 rings (SSSR count). The molecule has 1 aliphatic carbocycles. The van der Waals surface area contributed by atoms with E-state index in [1.807, 2.05) is 30.3 Å². The topological polar surface area (TPSA) is 45.0 Å². The molecule has 0 bridgehead atoms. The Hall–Kier alpha value is -1.37. The molecule has 1 aliphatic rings. The molecule has 1 N–H and O–H groups in total. The summed E-state index contributed by atoms with van der Waals surface area (Å²) in [7, 11) is 0. The fourth-order valence-electron chi connectivity index (χ4n) is 2.49. The molecule has 1 aromatic carbocycles. The lowest BCUT2D eigenvalue weighted by atomic mass is 9.92. The Bertz CT molecular complexity index is 450. The molecule has 1 saturated carbocycles. The van der Waals surface area contributed by atoms with Gasteiger partial charge in [0, 0.05) is 12.6 Å². The summed E-state index contributed by atoms with van der Waals surface area (Å²) in [4.78, 5) is 0. The van der Waals surface area contributed by atoms with E-state index in [4.69, 9.17) is 4.74 Å². The Morgan fingerprint density at radius 2 is 2.00 bits per heavy atom. The van der Waals surface area contributed by atoms with Gasteiger partial charge in [-0.3, -0.25) is 5.32 Å². The van der Waals surface area contributed by atoms with Crippen LogP contribution in [0.4, 0.5) is 0 Å². The first kappa shape index (κ1) is 16.0. The Labute approximate surface area is 128 Å². The zero-order valence-electron chi connectivity index (χ0n) is 13.0. The van der Waals surface area contributed by atoms with Gasteiger partial charge in [0.25, 0.3) is 0 Å². The van der Waals surface area contributed by atoms with Gasteiger partial charge < -0.3 is 4.74 Å². The van der Waals surface area contributed by atoms with Crippen molar-refractivity contribution in [2.75, 3.05) is 13.2 Å². The van der Waals surface area contributed by atoms with Crippen LogP contribution in [0.15, 0.2) is 30.3 Å². The molecule has 0 heterocycles. The molecule has 3 heteroatoms. The van der Waals surface area contributed by atoms with Crippen molar-refractivity contribution in [1.29, 1.82) is 5.26 Å². The first-order valence-corrected chi connectivity index (χ1v) is 8.13. The lowest BCUT2D eigenvalue weighted by Crippen LogP contribution is -2.46. The van der Waals surface area contributed by atoms with Crippen molar-refractivity contribution in [2.45, 2.75) is 57.0 Å². The molecule has 3 nitrogen and oxygen atoms in total. The molecule has 1 unspecified atom stereocenters. The maximum atomic E-state index is 9.75. The Balaban J connectivity index is 1.94. The smallest absolute Gasteiger partial charge is 0.156 e. The lowest BCUT2D eigenvalue weighted by Gasteiger charge is -2.28. The Morgan fingerprint density at radius 1 is 1.24 bits per heavy atom. The van der Waals surface area contributed by atoms with E-state index in [1.165, 1.54) is 19.3 Å². The van der Waals surface area contributed by atoms with Gasteiger partial charge in [-0.25, -0.2) is 0 Å². The van der Waals surface area contributed by atoms with Crippen molar-refractivity contribution in [3.8, 4) is 6.07 Å². The van der Waals surface area contributed by atoms with Gasteiger partial charge in [0.15, 0.2) is 5.54 Å². The van der Waals surface area contributed by atoms with Gasteiger partial charge in [0.1, 0.15) is 0 Å². The highest BCUT2D eigenvalue weighted by atomic mass is 16.5. The first-order valence-electron chi connectivity index (χ1n) is 8.13. The summed E-state index contributed by atoms with van der Waals surface area (Å²) in [5.74, 6) is 0. The van der Waals surface area contributed by atoms with E-state index < -0.39 is 5.54 Å². The molecule has 0 radical (unpaired) electrons. The molecular formula is C18H26N2O. The van der Waals surface area contributed by atoms with Crippen LogP contribution >= 0.6 is 0 Å². The van der Waals surface area contributed by atoms with Crippen molar-refractivity contribution in [2.24, 2.45) is 0 Å². The standard InChI is InChI=1S/C18H26N2O/c1-2-3-4-8-13-21-15-18(14-19,20-17-11-12-17)16-9-6-5-7-10-16/h5-7,9-10,17,20H,2-4,8,11-13,15H2,1H3. The molecule has 1 fully saturated rings. The molecule has 21 heavy (non-hydrogen) atoms. The van der Waals surface area contributed by atoms with Gasteiger partial charge in [-0.2, -0.15) is 5.26 Å². The predicted octanol–water partition coefficient (Wildman–Crippen LogP) is 3.75. The highest BCUT2D eigenvalue weighted by Crippen LogP contribution is 2.28. The monoisotopic (exact) mass is 286 g/mol. The van der Waals surface area contributed by atoms with Gasteiger partial charge >= 0.3 is 0 Å². The van der Waals surface area contributed by atoms with Crippen molar-refractivity contribution in [1.82, 2.24) is 5.32 Å². The van der Waals surface area contributed by atoms with E-state index in [1.54, 1.807) is 0 Å². The zero-order valence-corrected chi connectivity index (χ0v) is 13.0. The number of unbranched alkanes of at least 4 members (excludes halogenated alkanes) is 3. The minimum atomic E-state index is -0.701. The molecule has 0 amide bonds. The molecular weight excluding hydrogens is 260 g/mol. The average Bonchev–Trinajstić information content (AvgIpc) is 3.34. The van der Waals surface area contributed by atoms with Crippen molar-refractivity contribution in [3.63, 3.8) is 0 Å². The fourth-order valence-corrected chi connectivity index (χ4v) is 2.49. The third kappa shape index (κ3) is 4.84. The summed E-state index contributed by atoms with van der Waals surface area (Å²) in [5, 5.41) is 13.2. The molecule has 1 atom stereocenters. The van der Waals surface area contributed by atoms with E-state index in [0.29, 0.717) is 12.6 Å². The molecule has 0 saturated heterocycles. The number of rotatable bonds is 10. The van der Waals surface area contributed by atoms with E-state index in [0.717, 1.165) is 31.4 Å². The maximum absolute atomic E-state index is 9.75. The summed E-state index contributed by atoms with van der Waals surface area (Å²) in [6.07, 6.45) is 7.09. The van der Waals surface area contributed by atoms with E-state index in [9.17, 15) is 5.26 Å². The van der Waals surface area contributed by atoms with Gasteiger partial charge in [0.2, 0.25) is 0 Å². The highest BCUT2D eigenvalue weighted by Gasteiger charge is 2.38. The first-order chi connectivity index (χ1) is 10.3. The zero-order chi connectivity index (χ0) is 15.0. The van der Waals surface area contributed by atoms with Crippen LogP contribution in [-0.4, -0.2) is 19.3 Å². The maximum Gasteiger partial charge on any atom is 0.156 e. The summed E-state index contributed by atoms with van der Waals surface area (Å²) in [5.41, 5.74) is 0.306. The second-order valence-corrected chi connectivity index (χ2v) is 5.92. The number of nitrogens with one attached hydrogen (secondary N) is 1. The lowest BCUT2D eigenvalue weighted by molar-refractivity contribution is 0.0847. The average molecular weight is 286 g/mol. The minimum absolute atomic E-state index is 0.427. The van der Waals surface area contributed by atoms with Crippen LogP contribution in [0.5, 0.6) is 0 Å². The number of hydrogen-bond acceptors (Lipinski definition) is 3. The normalized spacial score (nSPS) is 17.1. The summed E-state index contributed by atoms with van der Waals surface area (Å²) < 4.78 is 5.83. The molecule has 0 aromatic heterocycles. The van der Waals surface area contributed by atoms with E-state index in [2.05, 4.69) is 18.3 Å². The summed E-state index contributed by atoms with van der Waals surface area (Å²) in [6, 6.07) is 12.9. The van der Waals surface area contributed by atoms with Gasteiger partial charge in [0.05, 0.1) is 12.7 Å². The van der Waals surface area contributed by atoms with Crippen LogP contribution in [0.1, 0.15) is 51.0 Å². The van der Waals surface area contributed by atoms with Crippen molar-refractivity contribution >= 4 is 0 Å². The Morgan fingerprint density at radius 3 is 2.62 bits per heavy atom. The SMILES string of the molecule is CCCCCCOCC(C#N)(NC1CC1)c1ccccc1. The van der Waals surface area contributed by atoms with Gasteiger partial charge in [-0.05, 0) is 24.8 Å². The Kier molecular flexibility index (Phi) is 6.22. The molecule has 1 aromatic rings. The fraction of sp³-hybridized carbons (Fsp3) is 0.611. The number of benzene rings is 1. The van der Waals surface area contributed by atoms with Crippen molar-refractivity contribution < 1.29 is 4.74 Å². The second kappa shape index (κ2) is 8.17. The van der Waals surface area contributed by atoms with Crippen LogP contribution in [-0.2, 0) is 10.3 Å². The van der Waals surface area contributed by atoms with E-state index >= 15 is 0 Å². The number of ether oxygens (including phenoxy) is 1. The predicted molar refractivity (Wildman–Crippen MR) is 84.9 cm³/mol. The van der Waals surface area contributed by atoms with Crippen LogP contribution in [0.3, 0.4) is 0 Å². The largest absolute Gasteiger partial charge is 0.378 e. The highest BCUT2D eigenvalue weighted by molar-refractivity contribution is 5.32. The van der Waals surface area contributed by atoms with Crippen LogP contribution in [0, 0.1) is 11.3 Å². The van der Waals surface area contributed by atoms with Crippen LogP contribution in [0.2, 0.25) is 0 Å². The summed E-state index contributed by atoms with van der Waals surface area (Å²) in [6.45, 7) is 3.37. The van der Waals surface area contributed by atoms with Crippen LogP contribution in [0.25, 0.3) is 0 Å². The van der Waals surface area contributed by atoms with Gasteiger partial charge in [-0.1, -0.05) is 56.5 Å². The second-order valence-electron chi connectivity index (χ2n) is 5.92. The third-order valence-corrected chi connectivity index (χ3v) is 3.95. The third-order valence-electron chi connectivity index (χ3n) is 3.95. The molecule has 114 valence electrons. The quantitative estimate of drug-likeness (QED) is 0.666. The summed E-state index contributed by atoms with van der Waals surface area (Å²) >= 11 is 0. The number of nitrogens with zero attached hydrogens (tertiary/aromatic N) is 1. The number of hydrogen-bond donors (Lipinski definition) is 1. The van der Waals surface area contributed by atoms with Crippen LogP contribution < -0.4 is 5.32 Å². The van der Waals surface area contributed by atoms with Gasteiger partial charge in [-0.15, -0.1) is 0 Å². The minimum Gasteiger partial charge on any atom is -0.378 e. The molecule has 0 aliphatic heterocycles.